The van der Waals surface area contributed by atoms with Gasteiger partial charge < -0.3 is 19.9 Å². The summed E-state index contributed by atoms with van der Waals surface area (Å²) in [5, 5.41) is 4.38. The first-order valence-corrected chi connectivity index (χ1v) is 11.6. The molecule has 3 heterocycles. The Bertz CT molecular complexity index is 1170. The average molecular weight is 492 g/mol. The van der Waals surface area contributed by atoms with Crippen molar-refractivity contribution >= 4 is 28.9 Å². The van der Waals surface area contributed by atoms with E-state index in [1.807, 2.05) is 18.2 Å². The Morgan fingerprint density at radius 2 is 1.91 bits per heavy atom. The summed E-state index contributed by atoms with van der Waals surface area (Å²) >= 11 is 6.25. The number of carbonyl (C=O) groups excluding carboxylic acids is 1. The molecule has 1 atom stereocenters. The van der Waals surface area contributed by atoms with E-state index >= 15 is 0 Å². The molecule has 0 saturated carbocycles. The second-order valence-corrected chi connectivity index (χ2v) is 9.65. The molecule has 9 heteroatoms. The third kappa shape index (κ3) is 3.78. The number of alkyl halides is 3. The van der Waals surface area contributed by atoms with Crippen molar-refractivity contribution < 1.29 is 22.7 Å². The van der Waals surface area contributed by atoms with Crippen molar-refractivity contribution in [1.29, 1.82) is 0 Å². The molecule has 1 saturated heterocycles. The van der Waals surface area contributed by atoms with Crippen LogP contribution in [0.1, 0.15) is 35.7 Å². The first-order chi connectivity index (χ1) is 16.1. The van der Waals surface area contributed by atoms with Crippen LogP contribution in [0.15, 0.2) is 48.2 Å². The van der Waals surface area contributed by atoms with Gasteiger partial charge in [-0.1, -0.05) is 24.6 Å². The Kier molecular flexibility index (Phi) is 5.47. The van der Waals surface area contributed by atoms with Crippen LogP contribution in [0.25, 0.3) is 0 Å². The highest BCUT2D eigenvalue weighted by Gasteiger charge is 2.47. The zero-order valence-electron chi connectivity index (χ0n) is 18.9. The van der Waals surface area contributed by atoms with Gasteiger partial charge in [0.15, 0.2) is 0 Å². The monoisotopic (exact) mass is 491 g/mol. The molecule has 5 rings (SSSR count). The van der Waals surface area contributed by atoms with Crippen molar-refractivity contribution in [1.82, 2.24) is 4.90 Å². The van der Waals surface area contributed by atoms with Crippen molar-refractivity contribution in [2.45, 2.75) is 31.5 Å². The smallest absolute Gasteiger partial charge is 0.419 e. The number of carbonyl (C=O) groups is 1. The van der Waals surface area contributed by atoms with Gasteiger partial charge in [-0.3, -0.25) is 4.79 Å². The van der Waals surface area contributed by atoms with Crippen LogP contribution < -0.4 is 15.0 Å². The van der Waals surface area contributed by atoms with Gasteiger partial charge in [0.05, 0.1) is 29.6 Å². The van der Waals surface area contributed by atoms with E-state index in [9.17, 15) is 18.0 Å². The molecule has 5 nitrogen and oxygen atoms in total. The van der Waals surface area contributed by atoms with Gasteiger partial charge in [-0.05, 0) is 55.2 Å². The van der Waals surface area contributed by atoms with Crippen LogP contribution in [0.3, 0.4) is 0 Å². The minimum Gasteiger partial charge on any atom is -0.496 e. The minimum atomic E-state index is -4.61. The summed E-state index contributed by atoms with van der Waals surface area (Å²) in [6, 6.07) is 9.27. The van der Waals surface area contributed by atoms with Gasteiger partial charge in [-0.15, -0.1) is 0 Å². The van der Waals surface area contributed by atoms with Crippen LogP contribution in [0, 0.1) is 5.92 Å². The lowest BCUT2D eigenvalue weighted by molar-refractivity contribution is -0.138. The highest BCUT2D eigenvalue weighted by molar-refractivity contribution is 6.31. The first-order valence-electron chi connectivity index (χ1n) is 11.2. The molecule has 2 aromatic rings. The summed E-state index contributed by atoms with van der Waals surface area (Å²) in [6.45, 7) is 3.90. The van der Waals surface area contributed by atoms with Crippen molar-refractivity contribution in [2.24, 2.45) is 5.92 Å². The molecule has 0 aliphatic carbocycles. The molecule has 3 aliphatic heterocycles. The largest absolute Gasteiger partial charge is 0.496 e. The van der Waals surface area contributed by atoms with Crippen molar-refractivity contribution in [2.75, 3.05) is 37.0 Å². The highest BCUT2D eigenvalue weighted by Crippen LogP contribution is 2.49. The number of fused-ring (bicyclic) bond motifs is 4. The second kappa shape index (κ2) is 8.12. The maximum absolute atomic E-state index is 13.4. The number of halogens is 4. The number of hydrogen-bond donors (Lipinski definition) is 1. The lowest BCUT2D eigenvalue weighted by atomic mass is 9.81. The number of likely N-dealkylation sites (tertiary alicyclic amines) is 1. The third-order valence-electron chi connectivity index (χ3n) is 6.97. The summed E-state index contributed by atoms with van der Waals surface area (Å²) < 4.78 is 45.1. The standard InChI is InChI=1S/C25H25ClF3N3O2/c1-15-11-22-24(30-19-5-4-17(26)13-20(19)32(22)14-15)7-9-31(10-8-24)23(33)16-3-6-21(34-2)18(12-16)25(27,28)29/h3-6,11-13,15,30H,7-10,14H2,1-2H3. The number of hydrogen-bond acceptors (Lipinski definition) is 4. The summed E-state index contributed by atoms with van der Waals surface area (Å²) in [5.74, 6) is -0.329. The first kappa shape index (κ1) is 22.9. The molecule has 3 aliphatic rings. The molecule has 180 valence electrons. The summed E-state index contributed by atoms with van der Waals surface area (Å²) in [6.07, 6.45) is -1.03. The Morgan fingerprint density at radius 3 is 2.59 bits per heavy atom. The lowest BCUT2D eigenvalue weighted by Gasteiger charge is -2.50. The van der Waals surface area contributed by atoms with Crippen LogP contribution >= 0.6 is 11.6 Å². The fourth-order valence-corrected chi connectivity index (χ4v) is 5.48. The zero-order chi connectivity index (χ0) is 24.3. The van der Waals surface area contributed by atoms with Crippen LogP contribution in [-0.4, -0.2) is 43.1 Å². The molecular formula is C25H25ClF3N3O2. The van der Waals surface area contributed by atoms with Gasteiger partial charge >= 0.3 is 6.18 Å². The van der Waals surface area contributed by atoms with Crippen LogP contribution in [0.5, 0.6) is 5.75 Å². The SMILES string of the molecule is COc1ccc(C(=O)N2CCC3(CC2)Nc2ccc(Cl)cc2N2CC(C)C=C23)cc1C(F)(F)F. The highest BCUT2D eigenvalue weighted by atomic mass is 35.5. The quantitative estimate of drug-likeness (QED) is 0.576. The number of ether oxygens (including phenoxy) is 1. The van der Waals surface area contributed by atoms with Gasteiger partial charge in [0.1, 0.15) is 5.75 Å². The molecule has 1 unspecified atom stereocenters. The van der Waals surface area contributed by atoms with Gasteiger partial charge in [0, 0.05) is 35.9 Å². The summed E-state index contributed by atoms with van der Waals surface area (Å²) in [7, 11) is 1.18. The van der Waals surface area contributed by atoms with Crippen molar-refractivity contribution in [3.05, 3.63) is 64.3 Å². The van der Waals surface area contributed by atoms with Crippen molar-refractivity contribution in [3.63, 3.8) is 0 Å². The zero-order valence-corrected chi connectivity index (χ0v) is 19.6. The lowest BCUT2D eigenvalue weighted by Crippen LogP contribution is -2.56. The summed E-state index contributed by atoms with van der Waals surface area (Å²) in [5.41, 5.74) is 1.96. The maximum Gasteiger partial charge on any atom is 0.419 e. The third-order valence-corrected chi connectivity index (χ3v) is 7.21. The fourth-order valence-electron chi connectivity index (χ4n) is 5.32. The normalized spacial score (nSPS) is 21.0. The Balaban J connectivity index is 1.39. The van der Waals surface area contributed by atoms with Gasteiger partial charge in [0.25, 0.3) is 5.91 Å². The maximum atomic E-state index is 13.4. The fraction of sp³-hybridized carbons (Fsp3) is 0.400. The molecule has 34 heavy (non-hydrogen) atoms. The molecule has 0 bridgehead atoms. The molecule has 1 amide bonds. The Hall–Kier alpha value is -2.87. The molecule has 0 radical (unpaired) electrons. The van der Waals surface area contributed by atoms with E-state index in [-0.39, 0.29) is 16.9 Å². The van der Waals surface area contributed by atoms with Crippen LogP contribution in [-0.2, 0) is 6.18 Å². The van der Waals surface area contributed by atoms with E-state index in [0.717, 1.165) is 24.0 Å². The van der Waals surface area contributed by atoms with E-state index in [4.69, 9.17) is 16.3 Å². The van der Waals surface area contributed by atoms with E-state index in [2.05, 4.69) is 23.2 Å². The Morgan fingerprint density at radius 1 is 1.18 bits per heavy atom. The van der Waals surface area contributed by atoms with Gasteiger partial charge in [0.2, 0.25) is 0 Å². The average Bonchev–Trinajstić information content (AvgIpc) is 3.22. The number of nitrogens with zero attached hydrogens (tertiary/aromatic N) is 2. The molecular weight excluding hydrogens is 467 g/mol. The Labute approximate surface area is 201 Å². The number of amides is 1. The van der Waals surface area contributed by atoms with E-state index in [1.165, 1.54) is 24.9 Å². The number of rotatable bonds is 2. The minimum absolute atomic E-state index is 0.0102. The number of anilines is 2. The van der Waals surface area contributed by atoms with E-state index < -0.39 is 17.6 Å². The molecule has 1 spiro atoms. The number of benzene rings is 2. The van der Waals surface area contributed by atoms with Crippen molar-refractivity contribution in [3.8, 4) is 5.75 Å². The number of piperidine rings is 1. The van der Waals surface area contributed by atoms with Crippen LogP contribution in [0.2, 0.25) is 5.02 Å². The molecule has 0 aromatic heterocycles. The van der Waals surface area contributed by atoms with E-state index in [1.54, 1.807) is 4.90 Å². The molecule has 2 aromatic carbocycles. The van der Waals surface area contributed by atoms with Crippen LogP contribution in [0.4, 0.5) is 24.5 Å². The molecule has 1 N–H and O–H groups in total. The predicted molar refractivity (Wildman–Crippen MR) is 126 cm³/mol. The second-order valence-electron chi connectivity index (χ2n) is 9.21. The summed E-state index contributed by atoms with van der Waals surface area (Å²) in [4.78, 5) is 17.1. The molecule has 1 fully saturated rings. The topological polar surface area (TPSA) is 44.8 Å². The predicted octanol–water partition coefficient (Wildman–Crippen LogP) is 5.81. The number of methoxy groups -OCH3 is 1. The van der Waals surface area contributed by atoms with Gasteiger partial charge in [-0.2, -0.15) is 13.2 Å². The number of nitrogens with one attached hydrogen (secondary N) is 1. The van der Waals surface area contributed by atoms with E-state index in [0.29, 0.717) is 36.9 Å². The van der Waals surface area contributed by atoms with Gasteiger partial charge in [-0.25, -0.2) is 0 Å².